The first kappa shape index (κ1) is 20.9. The molecule has 1 aromatic carbocycles. The highest BCUT2D eigenvalue weighted by Crippen LogP contribution is 2.22. The number of rotatable bonds is 8. The van der Waals surface area contributed by atoms with Gasteiger partial charge in [0.2, 0.25) is 0 Å². The molecular formula is C19H17ClN2O3S3. The molecule has 0 saturated carbocycles. The first-order valence-corrected chi connectivity index (χ1v) is 12.2. The van der Waals surface area contributed by atoms with Crippen molar-refractivity contribution in [1.29, 1.82) is 0 Å². The molecule has 0 aliphatic rings. The van der Waals surface area contributed by atoms with Gasteiger partial charge in [-0.2, -0.15) is 0 Å². The van der Waals surface area contributed by atoms with Crippen LogP contribution < -0.4 is 5.32 Å². The molecule has 0 bridgehead atoms. The molecule has 3 aromatic rings. The SMILES string of the molecule is O=C(NCc1cccs1)c1cccnc1SCCS(=O)(=O)c1ccc(Cl)cc1. The van der Waals surface area contributed by atoms with Crippen LogP contribution >= 0.6 is 34.7 Å². The maximum Gasteiger partial charge on any atom is 0.254 e. The monoisotopic (exact) mass is 452 g/mol. The number of carbonyl (C=O) groups excluding carboxylic acids is 1. The van der Waals surface area contributed by atoms with Crippen LogP contribution in [0.15, 0.2) is 70.0 Å². The molecule has 3 rings (SSSR count). The van der Waals surface area contributed by atoms with Gasteiger partial charge in [-0.15, -0.1) is 23.1 Å². The first-order chi connectivity index (χ1) is 13.5. The van der Waals surface area contributed by atoms with Gasteiger partial charge >= 0.3 is 0 Å². The summed E-state index contributed by atoms with van der Waals surface area (Å²) >= 11 is 8.63. The lowest BCUT2D eigenvalue weighted by Crippen LogP contribution is -2.23. The molecule has 5 nitrogen and oxygen atoms in total. The Morgan fingerprint density at radius 3 is 2.64 bits per heavy atom. The zero-order valence-corrected chi connectivity index (χ0v) is 17.9. The summed E-state index contributed by atoms with van der Waals surface area (Å²) in [6.07, 6.45) is 1.59. The third kappa shape index (κ3) is 5.57. The average Bonchev–Trinajstić information content (AvgIpc) is 3.20. The maximum absolute atomic E-state index is 12.5. The van der Waals surface area contributed by atoms with Gasteiger partial charge in [0, 0.05) is 21.8 Å². The lowest BCUT2D eigenvalue weighted by Gasteiger charge is -2.09. The van der Waals surface area contributed by atoms with Gasteiger partial charge in [-0.3, -0.25) is 4.79 Å². The number of benzene rings is 1. The minimum absolute atomic E-state index is 0.0634. The lowest BCUT2D eigenvalue weighted by molar-refractivity contribution is 0.0947. The van der Waals surface area contributed by atoms with Crippen LogP contribution in [-0.2, 0) is 16.4 Å². The minimum atomic E-state index is -3.43. The molecule has 2 aromatic heterocycles. The van der Waals surface area contributed by atoms with Crippen LogP contribution in [-0.4, -0.2) is 30.8 Å². The third-order valence-electron chi connectivity index (χ3n) is 3.78. The number of sulfone groups is 1. The number of hydrogen-bond donors (Lipinski definition) is 1. The highest BCUT2D eigenvalue weighted by atomic mass is 35.5. The normalized spacial score (nSPS) is 11.3. The van der Waals surface area contributed by atoms with Crippen molar-refractivity contribution in [2.24, 2.45) is 0 Å². The van der Waals surface area contributed by atoms with E-state index in [1.807, 2.05) is 17.5 Å². The molecule has 0 spiro atoms. The van der Waals surface area contributed by atoms with Crippen LogP contribution in [0, 0.1) is 0 Å². The van der Waals surface area contributed by atoms with E-state index in [1.165, 1.54) is 23.9 Å². The van der Waals surface area contributed by atoms with E-state index in [0.717, 1.165) is 4.88 Å². The van der Waals surface area contributed by atoms with Gasteiger partial charge < -0.3 is 5.32 Å². The fourth-order valence-corrected chi connectivity index (χ4v) is 5.78. The van der Waals surface area contributed by atoms with Crippen molar-refractivity contribution in [1.82, 2.24) is 10.3 Å². The van der Waals surface area contributed by atoms with E-state index >= 15 is 0 Å². The Balaban J connectivity index is 1.61. The summed E-state index contributed by atoms with van der Waals surface area (Å²) in [6, 6.07) is 13.3. The molecule has 1 N–H and O–H groups in total. The fraction of sp³-hybridized carbons (Fsp3) is 0.158. The van der Waals surface area contributed by atoms with E-state index in [0.29, 0.717) is 22.2 Å². The summed E-state index contributed by atoms with van der Waals surface area (Å²) in [6.45, 7) is 0.445. The van der Waals surface area contributed by atoms with Gasteiger partial charge in [0.05, 0.1) is 22.8 Å². The molecule has 0 radical (unpaired) electrons. The second-order valence-electron chi connectivity index (χ2n) is 5.74. The highest BCUT2D eigenvalue weighted by molar-refractivity contribution is 8.00. The van der Waals surface area contributed by atoms with Crippen LogP contribution in [0.5, 0.6) is 0 Å². The average molecular weight is 453 g/mol. The summed E-state index contributed by atoms with van der Waals surface area (Å²) in [4.78, 5) is 18.0. The van der Waals surface area contributed by atoms with E-state index in [9.17, 15) is 13.2 Å². The van der Waals surface area contributed by atoms with Crippen LogP contribution in [0.2, 0.25) is 5.02 Å². The molecule has 0 aliphatic carbocycles. The second kappa shape index (κ2) is 9.56. The van der Waals surface area contributed by atoms with Gasteiger partial charge in [0.25, 0.3) is 5.91 Å². The highest BCUT2D eigenvalue weighted by Gasteiger charge is 2.17. The molecule has 0 saturated heterocycles. The first-order valence-electron chi connectivity index (χ1n) is 8.32. The Bertz CT molecular complexity index is 1040. The number of thiophene rings is 1. The van der Waals surface area contributed by atoms with Crippen molar-refractivity contribution in [2.75, 3.05) is 11.5 Å². The van der Waals surface area contributed by atoms with Crippen molar-refractivity contribution in [2.45, 2.75) is 16.5 Å². The zero-order valence-electron chi connectivity index (χ0n) is 14.7. The number of thioether (sulfide) groups is 1. The Hall–Kier alpha value is -1.87. The summed E-state index contributed by atoms with van der Waals surface area (Å²) in [5.74, 6) is -0.0104. The summed E-state index contributed by atoms with van der Waals surface area (Å²) in [5.41, 5.74) is 0.438. The topological polar surface area (TPSA) is 76.1 Å². The predicted molar refractivity (Wildman–Crippen MR) is 114 cm³/mol. The summed E-state index contributed by atoms with van der Waals surface area (Å²) in [5, 5.41) is 5.82. The molecule has 9 heteroatoms. The number of nitrogens with one attached hydrogen (secondary N) is 1. The van der Waals surface area contributed by atoms with Crippen LogP contribution in [0.25, 0.3) is 0 Å². The zero-order chi connectivity index (χ0) is 20.0. The number of nitrogens with zero attached hydrogens (tertiary/aromatic N) is 1. The molecular weight excluding hydrogens is 436 g/mol. The van der Waals surface area contributed by atoms with Crippen molar-refractivity contribution in [3.8, 4) is 0 Å². The number of aromatic nitrogens is 1. The number of amides is 1. The Morgan fingerprint density at radius 2 is 1.93 bits per heavy atom. The van der Waals surface area contributed by atoms with Crippen molar-refractivity contribution in [3.63, 3.8) is 0 Å². The molecule has 2 heterocycles. The quantitative estimate of drug-likeness (QED) is 0.516. The number of halogens is 1. The van der Waals surface area contributed by atoms with E-state index in [1.54, 1.807) is 41.8 Å². The van der Waals surface area contributed by atoms with Gasteiger partial charge in [-0.1, -0.05) is 17.7 Å². The summed E-state index contributed by atoms with van der Waals surface area (Å²) in [7, 11) is -3.43. The van der Waals surface area contributed by atoms with Crippen LogP contribution in [0.1, 0.15) is 15.2 Å². The van der Waals surface area contributed by atoms with Gasteiger partial charge in [0.1, 0.15) is 5.03 Å². The van der Waals surface area contributed by atoms with E-state index in [-0.39, 0.29) is 22.3 Å². The molecule has 146 valence electrons. The second-order valence-corrected chi connectivity index (χ2v) is 10.4. The van der Waals surface area contributed by atoms with Gasteiger partial charge in [-0.25, -0.2) is 13.4 Å². The van der Waals surface area contributed by atoms with E-state index in [4.69, 9.17) is 11.6 Å². The molecule has 0 aliphatic heterocycles. The largest absolute Gasteiger partial charge is 0.347 e. The van der Waals surface area contributed by atoms with Crippen LogP contribution in [0.4, 0.5) is 0 Å². The molecule has 0 unspecified atom stereocenters. The molecule has 0 atom stereocenters. The number of hydrogen-bond acceptors (Lipinski definition) is 6. The minimum Gasteiger partial charge on any atom is -0.347 e. The molecule has 1 amide bonds. The van der Waals surface area contributed by atoms with Crippen molar-refractivity contribution in [3.05, 3.63) is 75.6 Å². The standard InChI is InChI=1S/C19H17ClN2O3S3/c20-14-5-7-16(8-6-14)28(24,25)12-11-27-19-17(4-1-9-21-19)18(23)22-13-15-3-2-10-26-15/h1-10H,11-13H2,(H,22,23). The molecule has 28 heavy (non-hydrogen) atoms. The lowest BCUT2D eigenvalue weighted by atomic mass is 10.2. The number of carbonyl (C=O) groups is 1. The van der Waals surface area contributed by atoms with Crippen molar-refractivity contribution < 1.29 is 13.2 Å². The summed E-state index contributed by atoms with van der Waals surface area (Å²) < 4.78 is 24.9. The Labute approximate surface area is 177 Å². The van der Waals surface area contributed by atoms with E-state index in [2.05, 4.69) is 10.3 Å². The van der Waals surface area contributed by atoms with E-state index < -0.39 is 9.84 Å². The Kier molecular flexibility index (Phi) is 7.12. The van der Waals surface area contributed by atoms with Crippen molar-refractivity contribution >= 4 is 50.4 Å². The fourth-order valence-electron chi connectivity index (χ4n) is 2.36. The maximum atomic E-state index is 12.5. The molecule has 0 fully saturated rings. The Morgan fingerprint density at radius 1 is 1.14 bits per heavy atom. The third-order valence-corrected chi connectivity index (χ3v) is 7.91. The number of pyridine rings is 1. The predicted octanol–water partition coefficient (Wildman–Crippen LogP) is 4.29. The van der Waals surface area contributed by atoms with Gasteiger partial charge in [0.15, 0.2) is 9.84 Å². The van der Waals surface area contributed by atoms with Crippen LogP contribution in [0.3, 0.4) is 0 Å². The van der Waals surface area contributed by atoms with Gasteiger partial charge in [-0.05, 0) is 47.8 Å². The smallest absolute Gasteiger partial charge is 0.254 e.